The molecule has 0 aliphatic rings. The van der Waals surface area contributed by atoms with Crippen molar-refractivity contribution < 1.29 is 9.53 Å². The van der Waals surface area contributed by atoms with Crippen molar-refractivity contribution >= 4 is 17.2 Å². The van der Waals surface area contributed by atoms with Gasteiger partial charge in [0.2, 0.25) is 0 Å². The van der Waals surface area contributed by atoms with Gasteiger partial charge in [-0.2, -0.15) is 0 Å². The highest BCUT2D eigenvalue weighted by Gasteiger charge is 2.18. The van der Waals surface area contributed by atoms with Crippen molar-refractivity contribution in [2.24, 2.45) is 5.73 Å². The van der Waals surface area contributed by atoms with Crippen molar-refractivity contribution in [3.8, 4) is 17.1 Å². The van der Waals surface area contributed by atoms with Crippen molar-refractivity contribution in [3.05, 3.63) is 57.5 Å². The third-order valence-electron chi connectivity index (χ3n) is 3.99. The smallest absolute Gasteiger partial charge is 0.250 e. The van der Waals surface area contributed by atoms with E-state index in [9.17, 15) is 4.79 Å². The van der Waals surface area contributed by atoms with Gasteiger partial charge in [0.05, 0.1) is 29.1 Å². The fourth-order valence-electron chi connectivity index (χ4n) is 2.75. The van der Waals surface area contributed by atoms with E-state index in [-0.39, 0.29) is 0 Å². The quantitative estimate of drug-likeness (QED) is 0.773. The molecule has 0 saturated heterocycles. The number of rotatable bonds is 5. The molecule has 0 saturated carbocycles. The Balaban J connectivity index is 2.09. The SMILES string of the molecule is COc1cccc(Cn2c(-c3csc(C)n3)cc(C(N)=O)c2C)c1. The Labute approximate surface area is 144 Å². The van der Waals surface area contributed by atoms with Gasteiger partial charge in [-0.1, -0.05) is 12.1 Å². The van der Waals surface area contributed by atoms with Gasteiger partial charge < -0.3 is 15.0 Å². The topological polar surface area (TPSA) is 70.1 Å². The first-order valence-corrected chi connectivity index (χ1v) is 8.43. The molecule has 2 heterocycles. The predicted octanol–water partition coefficient (Wildman–Crippen LogP) is 3.38. The number of benzene rings is 1. The van der Waals surface area contributed by atoms with E-state index in [0.29, 0.717) is 12.1 Å². The van der Waals surface area contributed by atoms with Crippen LogP contribution >= 0.6 is 11.3 Å². The van der Waals surface area contributed by atoms with Crippen LogP contribution < -0.4 is 10.5 Å². The number of thiazole rings is 1. The lowest BCUT2D eigenvalue weighted by molar-refractivity contribution is 0.0999. The van der Waals surface area contributed by atoms with E-state index in [2.05, 4.69) is 9.55 Å². The summed E-state index contributed by atoms with van der Waals surface area (Å²) in [6, 6.07) is 9.70. The molecule has 0 spiro atoms. The maximum atomic E-state index is 11.7. The molecule has 0 aliphatic heterocycles. The summed E-state index contributed by atoms with van der Waals surface area (Å²) in [7, 11) is 1.65. The number of aromatic nitrogens is 2. The minimum atomic E-state index is -0.426. The number of carbonyl (C=O) groups excluding carboxylic acids is 1. The number of nitrogens with zero attached hydrogens (tertiary/aromatic N) is 2. The molecule has 0 atom stereocenters. The summed E-state index contributed by atoms with van der Waals surface area (Å²) in [5.74, 6) is 0.378. The summed E-state index contributed by atoms with van der Waals surface area (Å²) in [6.45, 7) is 4.48. The first kappa shape index (κ1) is 16.3. The van der Waals surface area contributed by atoms with E-state index >= 15 is 0 Å². The van der Waals surface area contributed by atoms with Crippen LogP contribution in [0, 0.1) is 13.8 Å². The number of carbonyl (C=O) groups is 1. The summed E-state index contributed by atoms with van der Waals surface area (Å²) >= 11 is 1.58. The van der Waals surface area contributed by atoms with Crippen LogP contribution in [0.25, 0.3) is 11.4 Å². The number of ether oxygens (including phenoxy) is 1. The lowest BCUT2D eigenvalue weighted by atomic mass is 10.2. The summed E-state index contributed by atoms with van der Waals surface area (Å²) in [6.07, 6.45) is 0. The Kier molecular flexibility index (Phi) is 4.40. The van der Waals surface area contributed by atoms with Gasteiger partial charge in [0.1, 0.15) is 5.75 Å². The average molecular weight is 341 g/mol. The molecule has 6 heteroatoms. The van der Waals surface area contributed by atoms with Gasteiger partial charge in [0.25, 0.3) is 5.91 Å². The molecule has 1 amide bonds. The van der Waals surface area contributed by atoms with Gasteiger partial charge in [-0.3, -0.25) is 4.79 Å². The highest BCUT2D eigenvalue weighted by Crippen LogP contribution is 2.28. The van der Waals surface area contributed by atoms with Crippen LogP contribution in [0.3, 0.4) is 0 Å². The second-order valence-corrected chi connectivity index (χ2v) is 6.64. The molecular weight excluding hydrogens is 322 g/mol. The molecule has 24 heavy (non-hydrogen) atoms. The maximum absolute atomic E-state index is 11.7. The minimum absolute atomic E-state index is 0.426. The molecule has 1 aromatic carbocycles. The van der Waals surface area contributed by atoms with Crippen LogP contribution in [0.1, 0.15) is 26.6 Å². The molecule has 2 N–H and O–H groups in total. The zero-order chi connectivity index (χ0) is 17.3. The molecule has 0 radical (unpaired) electrons. The molecule has 124 valence electrons. The highest BCUT2D eigenvalue weighted by molar-refractivity contribution is 7.09. The van der Waals surface area contributed by atoms with Gasteiger partial charge in [-0.25, -0.2) is 4.98 Å². The Morgan fingerprint density at radius 1 is 1.33 bits per heavy atom. The largest absolute Gasteiger partial charge is 0.497 e. The third-order valence-corrected chi connectivity index (χ3v) is 4.76. The first-order valence-electron chi connectivity index (χ1n) is 7.55. The lowest BCUT2D eigenvalue weighted by Crippen LogP contribution is -2.12. The van der Waals surface area contributed by atoms with E-state index in [0.717, 1.165) is 33.4 Å². The molecule has 0 aliphatic carbocycles. The Morgan fingerprint density at radius 3 is 2.75 bits per heavy atom. The van der Waals surface area contributed by atoms with E-state index in [4.69, 9.17) is 10.5 Å². The number of methoxy groups -OCH3 is 1. The van der Waals surface area contributed by atoms with Gasteiger partial charge in [-0.15, -0.1) is 11.3 Å². The third kappa shape index (κ3) is 3.05. The second-order valence-electron chi connectivity index (χ2n) is 5.58. The van der Waals surface area contributed by atoms with Crippen molar-refractivity contribution in [2.45, 2.75) is 20.4 Å². The van der Waals surface area contributed by atoms with Crippen molar-refractivity contribution in [1.29, 1.82) is 0 Å². The fraction of sp³-hybridized carbons (Fsp3) is 0.222. The molecule has 0 fully saturated rings. The summed E-state index contributed by atoms with van der Waals surface area (Å²) in [5.41, 5.74) is 9.73. The second kappa shape index (κ2) is 6.49. The van der Waals surface area contributed by atoms with Crippen LogP contribution in [0.2, 0.25) is 0 Å². The van der Waals surface area contributed by atoms with Gasteiger partial charge in [0.15, 0.2) is 0 Å². The van der Waals surface area contributed by atoms with Crippen molar-refractivity contribution in [3.63, 3.8) is 0 Å². The Hall–Kier alpha value is -2.60. The van der Waals surface area contributed by atoms with Gasteiger partial charge >= 0.3 is 0 Å². The van der Waals surface area contributed by atoms with Crippen LogP contribution in [0.4, 0.5) is 0 Å². The summed E-state index contributed by atoms with van der Waals surface area (Å²) in [4.78, 5) is 16.3. The number of amides is 1. The fourth-order valence-corrected chi connectivity index (χ4v) is 3.35. The highest BCUT2D eigenvalue weighted by atomic mass is 32.1. The molecule has 0 bridgehead atoms. The first-order chi connectivity index (χ1) is 11.5. The Bertz CT molecular complexity index is 896. The molecule has 5 nitrogen and oxygen atoms in total. The number of primary amides is 1. The number of nitrogens with two attached hydrogens (primary N) is 1. The van der Waals surface area contributed by atoms with E-state index in [1.165, 1.54) is 0 Å². The molecule has 2 aromatic heterocycles. The molecule has 0 unspecified atom stereocenters. The number of hydrogen-bond acceptors (Lipinski definition) is 4. The van der Waals surface area contributed by atoms with Crippen molar-refractivity contribution in [2.75, 3.05) is 7.11 Å². The number of aryl methyl sites for hydroxylation is 1. The zero-order valence-electron chi connectivity index (χ0n) is 13.9. The van der Waals surface area contributed by atoms with Crippen LogP contribution in [-0.4, -0.2) is 22.6 Å². The van der Waals surface area contributed by atoms with Crippen LogP contribution in [-0.2, 0) is 6.54 Å². The zero-order valence-corrected chi connectivity index (χ0v) is 14.7. The standard InChI is InChI=1S/C18H19N3O2S/c1-11-15(18(19)22)8-17(16-10-24-12(2)20-16)21(11)9-13-5-4-6-14(7-13)23-3/h4-8,10H,9H2,1-3H3,(H2,19,22). The van der Waals surface area contributed by atoms with Gasteiger partial charge in [0, 0.05) is 17.6 Å². The van der Waals surface area contributed by atoms with Crippen LogP contribution in [0.5, 0.6) is 5.75 Å². The van der Waals surface area contributed by atoms with Crippen molar-refractivity contribution in [1.82, 2.24) is 9.55 Å². The monoisotopic (exact) mass is 341 g/mol. The minimum Gasteiger partial charge on any atom is -0.497 e. The molecular formula is C18H19N3O2S. The van der Waals surface area contributed by atoms with E-state index in [1.807, 2.05) is 49.6 Å². The number of hydrogen-bond donors (Lipinski definition) is 1. The normalized spacial score (nSPS) is 10.8. The molecule has 3 aromatic rings. The lowest BCUT2D eigenvalue weighted by Gasteiger charge is -2.12. The van der Waals surface area contributed by atoms with E-state index < -0.39 is 5.91 Å². The molecule has 3 rings (SSSR count). The maximum Gasteiger partial charge on any atom is 0.250 e. The predicted molar refractivity (Wildman–Crippen MR) is 95.6 cm³/mol. The van der Waals surface area contributed by atoms with Gasteiger partial charge in [-0.05, 0) is 37.6 Å². The van der Waals surface area contributed by atoms with E-state index in [1.54, 1.807) is 18.4 Å². The average Bonchev–Trinajstić information content (AvgIpc) is 3.12. The summed E-state index contributed by atoms with van der Waals surface area (Å²) < 4.78 is 7.36. The van der Waals surface area contributed by atoms with Crippen LogP contribution in [0.15, 0.2) is 35.7 Å². The summed E-state index contributed by atoms with van der Waals surface area (Å²) in [5, 5.41) is 2.98. The Morgan fingerprint density at radius 2 is 2.12 bits per heavy atom.